The summed E-state index contributed by atoms with van der Waals surface area (Å²) in [5.74, 6) is 0.361. The van der Waals surface area contributed by atoms with E-state index in [0.717, 1.165) is 11.0 Å². The number of carbonyl (C=O) groups is 1. The molecule has 2 aromatic carbocycles. The van der Waals surface area contributed by atoms with Crippen molar-refractivity contribution in [3.8, 4) is 11.5 Å². The van der Waals surface area contributed by atoms with E-state index in [-0.39, 0.29) is 23.0 Å². The molecule has 0 bridgehead atoms. The number of methoxy groups -OCH3 is 1. The third kappa shape index (κ3) is 4.33. The minimum Gasteiger partial charge on any atom is -0.493 e. The van der Waals surface area contributed by atoms with Gasteiger partial charge in [0, 0.05) is 12.6 Å². The van der Waals surface area contributed by atoms with Crippen molar-refractivity contribution in [2.75, 3.05) is 20.8 Å². The first-order valence-electron chi connectivity index (χ1n) is 9.37. The number of hydrogen-bond acceptors (Lipinski definition) is 4. The van der Waals surface area contributed by atoms with Crippen LogP contribution in [0.3, 0.4) is 0 Å². The predicted octanol–water partition coefficient (Wildman–Crippen LogP) is 5.15. The molecule has 3 aromatic rings. The van der Waals surface area contributed by atoms with Gasteiger partial charge < -0.3 is 14.4 Å². The Morgan fingerprint density at radius 2 is 2.03 bits per heavy atom. The minimum atomic E-state index is -2.78. The maximum absolute atomic E-state index is 13.6. The van der Waals surface area contributed by atoms with Crippen LogP contribution in [0.2, 0.25) is 5.02 Å². The van der Waals surface area contributed by atoms with Crippen molar-refractivity contribution in [2.45, 2.75) is 26.4 Å². The van der Waals surface area contributed by atoms with Crippen LogP contribution in [-0.4, -0.2) is 41.1 Å². The highest BCUT2D eigenvalue weighted by Crippen LogP contribution is 2.37. The first-order valence-corrected chi connectivity index (χ1v) is 9.75. The van der Waals surface area contributed by atoms with E-state index < -0.39 is 12.5 Å². The van der Waals surface area contributed by atoms with E-state index in [1.54, 1.807) is 24.3 Å². The summed E-state index contributed by atoms with van der Waals surface area (Å²) in [6.07, 6.45) is 0.786. The number of alkyl halides is 2. The summed E-state index contributed by atoms with van der Waals surface area (Å²) in [6.45, 7) is -0.473. The molecule has 1 heterocycles. The van der Waals surface area contributed by atoms with Crippen molar-refractivity contribution in [2.24, 2.45) is 0 Å². The van der Waals surface area contributed by atoms with E-state index in [1.807, 2.05) is 6.92 Å². The van der Waals surface area contributed by atoms with Gasteiger partial charge in [0.1, 0.15) is 5.82 Å². The second-order valence-electron chi connectivity index (χ2n) is 6.66. The molecule has 1 amide bonds. The van der Waals surface area contributed by atoms with E-state index in [4.69, 9.17) is 21.1 Å². The second kappa shape index (κ2) is 9.30. The third-order valence-electron chi connectivity index (χ3n) is 4.52. The van der Waals surface area contributed by atoms with Gasteiger partial charge in [0.25, 0.3) is 5.91 Å². The van der Waals surface area contributed by atoms with Gasteiger partial charge in [-0.15, -0.1) is 0 Å². The summed E-state index contributed by atoms with van der Waals surface area (Å²) < 4.78 is 39.0. The maximum atomic E-state index is 13.6. The highest BCUT2D eigenvalue weighted by Gasteiger charge is 2.22. The number of aromatic nitrogens is 2. The van der Waals surface area contributed by atoms with E-state index in [1.165, 1.54) is 31.2 Å². The van der Waals surface area contributed by atoms with Crippen molar-refractivity contribution in [3.63, 3.8) is 0 Å². The lowest BCUT2D eigenvalue weighted by Gasteiger charge is -2.19. The molecule has 0 aliphatic rings. The molecule has 1 aromatic heterocycles. The summed E-state index contributed by atoms with van der Waals surface area (Å²) in [6, 6.07) is 9.60. The van der Waals surface area contributed by atoms with Crippen LogP contribution in [0.25, 0.3) is 11.0 Å². The minimum absolute atomic E-state index is 0.0861. The number of benzene rings is 2. The van der Waals surface area contributed by atoms with Gasteiger partial charge in [-0.25, -0.2) is 4.98 Å². The number of para-hydroxylation sites is 2. The van der Waals surface area contributed by atoms with E-state index in [9.17, 15) is 13.6 Å². The van der Waals surface area contributed by atoms with Gasteiger partial charge in [-0.1, -0.05) is 30.7 Å². The molecule has 6 nitrogen and oxygen atoms in total. The zero-order chi connectivity index (χ0) is 21.8. The Kier molecular flexibility index (Phi) is 6.77. The smallest absolute Gasteiger partial charge is 0.320 e. The quantitative estimate of drug-likeness (QED) is 0.488. The van der Waals surface area contributed by atoms with Crippen molar-refractivity contribution in [1.82, 2.24) is 14.5 Å². The molecule has 30 heavy (non-hydrogen) atoms. The highest BCUT2D eigenvalue weighted by atomic mass is 35.5. The summed E-state index contributed by atoms with van der Waals surface area (Å²) in [5.41, 5.74) is 1.00. The lowest BCUT2D eigenvalue weighted by molar-refractivity contribution is 0.0646. The fraction of sp³-hybridized carbons (Fsp3) is 0.333. The number of halogens is 3. The topological polar surface area (TPSA) is 56.6 Å². The summed E-state index contributed by atoms with van der Waals surface area (Å²) in [7, 11) is 2.97. The van der Waals surface area contributed by atoms with Gasteiger partial charge in [-0.2, -0.15) is 8.78 Å². The van der Waals surface area contributed by atoms with Gasteiger partial charge in [0.2, 0.25) is 0 Å². The zero-order valence-electron chi connectivity index (χ0n) is 16.9. The van der Waals surface area contributed by atoms with Gasteiger partial charge in [0.15, 0.2) is 11.5 Å². The molecule has 9 heteroatoms. The standard InChI is InChI=1S/C21H22ClF2N3O3/c1-4-9-30-19-14(22)10-13(11-17(19)29-3)20(28)26(2)12-18-25-15-7-5-6-8-16(15)27(18)21(23)24/h5-8,10-11,21H,4,9,12H2,1-3H3. The Balaban J connectivity index is 1.89. The zero-order valence-corrected chi connectivity index (χ0v) is 17.6. The molecule has 0 aliphatic carbocycles. The Morgan fingerprint density at radius 1 is 1.30 bits per heavy atom. The molecular weight excluding hydrogens is 416 g/mol. The monoisotopic (exact) mass is 437 g/mol. The van der Waals surface area contributed by atoms with Crippen LogP contribution >= 0.6 is 11.6 Å². The highest BCUT2D eigenvalue weighted by molar-refractivity contribution is 6.32. The molecule has 0 radical (unpaired) electrons. The van der Waals surface area contributed by atoms with E-state index >= 15 is 0 Å². The lowest BCUT2D eigenvalue weighted by Crippen LogP contribution is -2.28. The van der Waals surface area contributed by atoms with Crippen LogP contribution in [0.4, 0.5) is 8.78 Å². The molecule has 160 valence electrons. The largest absolute Gasteiger partial charge is 0.493 e. The Morgan fingerprint density at radius 3 is 2.70 bits per heavy atom. The predicted molar refractivity (Wildman–Crippen MR) is 111 cm³/mol. The fourth-order valence-corrected chi connectivity index (χ4v) is 3.38. The van der Waals surface area contributed by atoms with Crippen molar-refractivity contribution in [3.05, 3.63) is 52.8 Å². The number of imidazole rings is 1. The summed E-state index contributed by atoms with van der Waals surface area (Å²) >= 11 is 6.29. The molecule has 0 unspecified atom stereocenters. The van der Waals surface area contributed by atoms with Crippen LogP contribution in [0.1, 0.15) is 36.1 Å². The maximum Gasteiger partial charge on any atom is 0.320 e. The molecule has 0 N–H and O–H groups in total. The number of rotatable bonds is 8. The number of fused-ring (bicyclic) bond motifs is 1. The normalized spacial score (nSPS) is 11.2. The molecule has 0 fully saturated rings. The van der Waals surface area contributed by atoms with Crippen LogP contribution in [0.5, 0.6) is 11.5 Å². The Hall–Kier alpha value is -2.87. The lowest BCUT2D eigenvalue weighted by atomic mass is 10.1. The molecule has 0 saturated carbocycles. The van der Waals surface area contributed by atoms with Crippen LogP contribution in [0.15, 0.2) is 36.4 Å². The molecule has 0 aliphatic heterocycles. The van der Waals surface area contributed by atoms with E-state index in [2.05, 4.69) is 4.98 Å². The Bertz CT molecular complexity index is 1060. The molecule has 3 rings (SSSR count). The molecular formula is C21H22ClF2N3O3. The molecule has 0 spiro atoms. The van der Waals surface area contributed by atoms with Gasteiger partial charge in [0.05, 0.1) is 36.3 Å². The SMILES string of the molecule is CCCOc1c(Cl)cc(C(=O)N(C)Cc2nc3ccccc3n2C(F)F)cc1OC. The van der Waals surface area contributed by atoms with Crippen LogP contribution < -0.4 is 9.47 Å². The van der Waals surface area contributed by atoms with Gasteiger partial charge in [-0.3, -0.25) is 9.36 Å². The van der Waals surface area contributed by atoms with Crippen LogP contribution in [0, 0.1) is 0 Å². The van der Waals surface area contributed by atoms with Gasteiger partial charge >= 0.3 is 6.55 Å². The van der Waals surface area contributed by atoms with Gasteiger partial charge in [-0.05, 0) is 30.7 Å². The summed E-state index contributed by atoms with van der Waals surface area (Å²) in [5, 5.41) is 0.236. The number of ether oxygens (including phenoxy) is 2. The third-order valence-corrected chi connectivity index (χ3v) is 4.80. The number of nitrogens with zero attached hydrogens (tertiary/aromatic N) is 3. The van der Waals surface area contributed by atoms with E-state index in [0.29, 0.717) is 29.1 Å². The average molecular weight is 438 g/mol. The number of hydrogen-bond donors (Lipinski definition) is 0. The number of amides is 1. The van der Waals surface area contributed by atoms with Crippen molar-refractivity contribution in [1.29, 1.82) is 0 Å². The van der Waals surface area contributed by atoms with Crippen LogP contribution in [-0.2, 0) is 6.54 Å². The average Bonchev–Trinajstić information content (AvgIpc) is 3.09. The fourth-order valence-electron chi connectivity index (χ4n) is 3.12. The molecule has 0 saturated heterocycles. The molecule has 0 atom stereocenters. The summed E-state index contributed by atoms with van der Waals surface area (Å²) in [4.78, 5) is 18.5. The second-order valence-corrected chi connectivity index (χ2v) is 7.07. The number of carbonyl (C=O) groups excluding carboxylic acids is 1. The van der Waals surface area contributed by atoms with Crippen molar-refractivity contribution >= 4 is 28.5 Å². The van der Waals surface area contributed by atoms with Crippen molar-refractivity contribution < 1.29 is 23.0 Å². The Labute approximate surface area is 178 Å². The first-order chi connectivity index (χ1) is 14.4. The first kappa shape index (κ1) is 21.8.